The minimum atomic E-state index is -0.592. The van der Waals surface area contributed by atoms with Gasteiger partial charge in [0, 0.05) is 6.54 Å². The molecule has 1 rings (SSSR count). The van der Waals surface area contributed by atoms with Crippen molar-refractivity contribution in [2.75, 3.05) is 6.54 Å². The van der Waals surface area contributed by atoms with Gasteiger partial charge >= 0.3 is 0 Å². The maximum absolute atomic E-state index is 10.8. The normalized spacial score (nSPS) is 11.8. The Kier molecular flexibility index (Phi) is 4.56. The molecule has 1 heterocycles. The Bertz CT molecular complexity index is 409. The molecule has 5 N–H and O–H groups in total. The summed E-state index contributed by atoms with van der Waals surface area (Å²) in [6, 6.07) is 3.17. The lowest BCUT2D eigenvalue weighted by Gasteiger charge is -2.07. The average molecular weight is 238 g/mol. The van der Waals surface area contributed by atoms with Crippen molar-refractivity contribution in [3.8, 4) is 0 Å². The fourth-order valence-electron chi connectivity index (χ4n) is 1.12. The van der Waals surface area contributed by atoms with Gasteiger partial charge in [0.15, 0.2) is 11.7 Å². The van der Waals surface area contributed by atoms with Gasteiger partial charge < -0.3 is 21.2 Å². The monoisotopic (exact) mass is 238 g/mol. The molecule has 6 nitrogen and oxygen atoms in total. The second kappa shape index (κ2) is 5.93. The van der Waals surface area contributed by atoms with E-state index in [9.17, 15) is 4.79 Å². The van der Waals surface area contributed by atoms with E-state index in [0.29, 0.717) is 17.6 Å². The van der Waals surface area contributed by atoms with E-state index in [1.54, 1.807) is 6.07 Å². The van der Waals surface area contributed by atoms with Crippen molar-refractivity contribution in [3.05, 3.63) is 23.7 Å². The lowest BCUT2D eigenvalue weighted by Crippen LogP contribution is -2.34. The number of hydrogen-bond acceptors (Lipinski definition) is 3. The molecule has 0 saturated heterocycles. The molecule has 0 unspecified atom stereocenters. The second-order valence-electron chi connectivity index (χ2n) is 4.11. The maximum atomic E-state index is 10.8. The van der Waals surface area contributed by atoms with Crippen LogP contribution in [-0.4, -0.2) is 18.4 Å². The van der Waals surface area contributed by atoms with Gasteiger partial charge in [-0.1, -0.05) is 13.8 Å². The van der Waals surface area contributed by atoms with Gasteiger partial charge in [-0.25, -0.2) is 4.99 Å². The number of nitrogens with two attached hydrogens (primary N) is 2. The molecule has 0 aliphatic carbocycles. The molecule has 0 aliphatic rings. The minimum Gasteiger partial charge on any atom is -0.454 e. The molecule has 94 valence electrons. The van der Waals surface area contributed by atoms with Crippen LogP contribution in [0.5, 0.6) is 0 Å². The third-order valence-corrected chi connectivity index (χ3v) is 2.00. The first-order chi connectivity index (χ1) is 7.99. The molecule has 0 atom stereocenters. The molecule has 1 aromatic rings. The van der Waals surface area contributed by atoms with Gasteiger partial charge in [-0.2, -0.15) is 0 Å². The highest BCUT2D eigenvalue weighted by Crippen LogP contribution is 2.07. The van der Waals surface area contributed by atoms with Crippen LogP contribution in [0.1, 0.15) is 30.2 Å². The summed E-state index contributed by atoms with van der Waals surface area (Å²) in [5, 5.41) is 2.98. The molecule has 17 heavy (non-hydrogen) atoms. The average Bonchev–Trinajstić information content (AvgIpc) is 2.72. The van der Waals surface area contributed by atoms with Crippen LogP contribution in [0.2, 0.25) is 0 Å². The van der Waals surface area contributed by atoms with E-state index in [2.05, 4.69) is 24.2 Å². The molecule has 6 heteroatoms. The van der Waals surface area contributed by atoms with Crippen molar-refractivity contribution in [3.63, 3.8) is 0 Å². The zero-order valence-electron chi connectivity index (χ0n) is 10.1. The zero-order valence-corrected chi connectivity index (χ0v) is 10.1. The molecule has 1 aromatic heterocycles. The quantitative estimate of drug-likeness (QED) is 0.511. The Morgan fingerprint density at radius 2 is 2.18 bits per heavy atom. The van der Waals surface area contributed by atoms with Crippen LogP contribution < -0.4 is 16.8 Å². The predicted octanol–water partition coefficient (Wildman–Crippen LogP) is 0.439. The Labute approximate surface area is 100 Å². The molecule has 0 aromatic carbocycles. The molecule has 0 fully saturated rings. The van der Waals surface area contributed by atoms with Crippen LogP contribution in [0.4, 0.5) is 0 Å². The first-order valence-electron chi connectivity index (χ1n) is 5.41. The van der Waals surface area contributed by atoms with Crippen molar-refractivity contribution in [1.82, 2.24) is 5.32 Å². The van der Waals surface area contributed by atoms with E-state index < -0.39 is 5.91 Å². The van der Waals surface area contributed by atoms with Crippen LogP contribution in [0, 0.1) is 5.92 Å². The number of carbonyl (C=O) groups is 1. The lowest BCUT2D eigenvalue weighted by atomic mass is 10.2. The van der Waals surface area contributed by atoms with Crippen molar-refractivity contribution < 1.29 is 9.21 Å². The van der Waals surface area contributed by atoms with Gasteiger partial charge in [0.1, 0.15) is 12.3 Å². The summed E-state index contributed by atoms with van der Waals surface area (Å²) in [5.41, 5.74) is 10.7. The van der Waals surface area contributed by atoms with E-state index in [0.717, 1.165) is 6.54 Å². The molecule has 0 bridgehead atoms. The van der Waals surface area contributed by atoms with Gasteiger partial charge in [0.2, 0.25) is 0 Å². The number of primary amides is 1. The molecular weight excluding hydrogens is 220 g/mol. The van der Waals surface area contributed by atoms with Crippen molar-refractivity contribution >= 4 is 11.9 Å². The Morgan fingerprint density at radius 3 is 2.71 bits per heavy atom. The number of furan rings is 1. The van der Waals surface area contributed by atoms with Gasteiger partial charge in [-0.05, 0) is 18.1 Å². The van der Waals surface area contributed by atoms with E-state index in [1.165, 1.54) is 6.07 Å². The number of aliphatic imine (C=N–C) groups is 1. The number of rotatable bonds is 5. The van der Waals surface area contributed by atoms with Crippen molar-refractivity contribution in [1.29, 1.82) is 0 Å². The lowest BCUT2D eigenvalue weighted by molar-refractivity contribution is 0.0972. The van der Waals surface area contributed by atoms with Gasteiger partial charge in [0.25, 0.3) is 5.91 Å². The summed E-state index contributed by atoms with van der Waals surface area (Å²) >= 11 is 0. The zero-order chi connectivity index (χ0) is 12.8. The van der Waals surface area contributed by atoms with Crippen molar-refractivity contribution in [2.24, 2.45) is 22.4 Å². The summed E-state index contributed by atoms with van der Waals surface area (Å²) in [5.74, 6) is 0.938. The number of amides is 1. The third kappa shape index (κ3) is 4.58. The standard InChI is InChI=1S/C11H18N4O2/c1-7(2)5-14-11(13)15-6-8-3-4-9(17-8)10(12)16/h3-4,7H,5-6H2,1-2H3,(H2,12,16)(H3,13,14,15). The van der Waals surface area contributed by atoms with Crippen LogP contribution in [0.25, 0.3) is 0 Å². The van der Waals surface area contributed by atoms with Gasteiger partial charge in [-0.3, -0.25) is 4.79 Å². The molecule has 0 spiro atoms. The SMILES string of the molecule is CC(C)CNC(N)=NCc1ccc(C(N)=O)o1. The fourth-order valence-corrected chi connectivity index (χ4v) is 1.12. The first-order valence-corrected chi connectivity index (χ1v) is 5.41. The third-order valence-electron chi connectivity index (χ3n) is 2.00. The van der Waals surface area contributed by atoms with Gasteiger partial charge in [-0.15, -0.1) is 0 Å². The Balaban J connectivity index is 2.48. The van der Waals surface area contributed by atoms with Crippen LogP contribution in [-0.2, 0) is 6.54 Å². The van der Waals surface area contributed by atoms with E-state index in [-0.39, 0.29) is 12.3 Å². The highest BCUT2D eigenvalue weighted by molar-refractivity contribution is 5.89. The molecule has 1 amide bonds. The highest BCUT2D eigenvalue weighted by atomic mass is 16.3. The minimum absolute atomic E-state index is 0.129. The molecule has 0 saturated carbocycles. The Hall–Kier alpha value is -1.98. The summed E-state index contributed by atoms with van der Waals surface area (Å²) in [7, 11) is 0. The first kappa shape index (κ1) is 13.1. The predicted molar refractivity (Wildman–Crippen MR) is 65.4 cm³/mol. The number of nitrogens with zero attached hydrogens (tertiary/aromatic N) is 1. The van der Waals surface area contributed by atoms with Gasteiger partial charge in [0.05, 0.1) is 0 Å². The summed E-state index contributed by atoms with van der Waals surface area (Å²) in [6.45, 7) is 5.20. The highest BCUT2D eigenvalue weighted by Gasteiger charge is 2.06. The fraction of sp³-hybridized carbons (Fsp3) is 0.455. The number of nitrogens with one attached hydrogen (secondary N) is 1. The van der Waals surface area contributed by atoms with Crippen LogP contribution in [0.3, 0.4) is 0 Å². The van der Waals surface area contributed by atoms with Crippen LogP contribution >= 0.6 is 0 Å². The molecule has 0 radical (unpaired) electrons. The number of guanidine groups is 1. The topological polar surface area (TPSA) is 107 Å². The molecule has 0 aliphatic heterocycles. The molecular formula is C11H18N4O2. The smallest absolute Gasteiger partial charge is 0.284 e. The second-order valence-corrected chi connectivity index (χ2v) is 4.11. The maximum Gasteiger partial charge on any atom is 0.284 e. The number of carbonyl (C=O) groups excluding carboxylic acids is 1. The van der Waals surface area contributed by atoms with E-state index in [1.807, 2.05) is 0 Å². The van der Waals surface area contributed by atoms with Crippen molar-refractivity contribution in [2.45, 2.75) is 20.4 Å². The summed E-state index contributed by atoms with van der Waals surface area (Å²) < 4.78 is 5.16. The van der Waals surface area contributed by atoms with Crippen LogP contribution in [0.15, 0.2) is 21.5 Å². The summed E-state index contributed by atoms with van der Waals surface area (Å²) in [6.07, 6.45) is 0. The van der Waals surface area contributed by atoms with E-state index in [4.69, 9.17) is 15.9 Å². The number of hydrogen-bond donors (Lipinski definition) is 3. The van der Waals surface area contributed by atoms with E-state index >= 15 is 0 Å². The Morgan fingerprint density at radius 1 is 1.47 bits per heavy atom. The largest absolute Gasteiger partial charge is 0.454 e. The summed E-state index contributed by atoms with van der Waals surface area (Å²) in [4.78, 5) is 14.9.